The van der Waals surface area contributed by atoms with Crippen molar-refractivity contribution in [3.63, 3.8) is 0 Å². The molecule has 1 aliphatic rings. The van der Waals surface area contributed by atoms with Crippen molar-refractivity contribution >= 4 is 25.6 Å². The van der Waals surface area contributed by atoms with E-state index in [-0.39, 0.29) is 21.8 Å². The number of amides is 1. The molecule has 1 aliphatic carbocycles. The number of carbonyl (C=O) groups is 1. The third-order valence-corrected chi connectivity index (χ3v) is 5.51. The Kier molecular flexibility index (Phi) is 3.90. The largest absolute Gasteiger partial charge is 0.455 e. The minimum absolute atomic E-state index is 0.0266. The first-order valence-corrected chi connectivity index (χ1v) is 8.80. The van der Waals surface area contributed by atoms with Crippen LogP contribution in [0.4, 0.5) is 0 Å². The van der Waals surface area contributed by atoms with Gasteiger partial charge in [-0.15, -0.1) is 0 Å². The SMILES string of the molecule is Cc1oc(C(=O)NCC2(C(C)C)CC2)cc1S(=O)(=O)Cl. The van der Waals surface area contributed by atoms with Gasteiger partial charge in [0.05, 0.1) is 0 Å². The summed E-state index contributed by atoms with van der Waals surface area (Å²) < 4.78 is 27.7. The molecule has 1 fully saturated rings. The molecule has 0 unspecified atom stereocenters. The molecule has 5 nitrogen and oxygen atoms in total. The lowest BCUT2D eigenvalue weighted by atomic mass is 9.92. The maximum absolute atomic E-state index is 12.0. The van der Waals surface area contributed by atoms with E-state index in [1.807, 2.05) is 0 Å². The second kappa shape index (κ2) is 5.07. The molecule has 1 aromatic rings. The Morgan fingerprint density at radius 1 is 1.50 bits per heavy atom. The number of aryl methyl sites for hydroxylation is 1. The van der Waals surface area contributed by atoms with Gasteiger partial charge < -0.3 is 9.73 Å². The highest BCUT2D eigenvalue weighted by atomic mass is 35.7. The van der Waals surface area contributed by atoms with Crippen molar-refractivity contribution in [1.29, 1.82) is 0 Å². The van der Waals surface area contributed by atoms with Crippen molar-refractivity contribution in [1.82, 2.24) is 5.32 Å². The summed E-state index contributed by atoms with van der Waals surface area (Å²) in [6, 6.07) is 1.17. The predicted molar refractivity (Wildman–Crippen MR) is 75.3 cm³/mol. The smallest absolute Gasteiger partial charge is 0.287 e. The van der Waals surface area contributed by atoms with E-state index in [1.54, 1.807) is 0 Å². The summed E-state index contributed by atoms with van der Waals surface area (Å²) in [4.78, 5) is 11.8. The van der Waals surface area contributed by atoms with Crippen LogP contribution in [0.15, 0.2) is 15.4 Å². The van der Waals surface area contributed by atoms with Crippen LogP contribution in [-0.2, 0) is 9.05 Å². The number of nitrogens with one attached hydrogen (secondary N) is 1. The highest BCUT2D eigenvalue weighted by Crippen LogP contribution is 2.51. The summed E-state index contributed by atoms with van der Waals surface area (Å²) in [5.74, 6) is 0.183. The van der Waals surface area contributed by atoms with Crippen molar-refractivity contribution in [2.45, 2.75) is 38.5 Å². The molecule has 20 heavy (non-hydrogen) atoms. The minimum Gasteiger partial charge on any atom is -0.455 e. The van der Waals surface area contributed by atoms with Gasteiger partial charge in [-0.05, 0) is 31.1 Å². The first-order chi connectivity index (χ1) is 9.16. The van der Waals surface area contributed by atoms with Crippen molar-refractivity contribution in [2.24, 2.45) is 11.3 Å². The Morgan fingerprint density at radius 2 is 2.10 bits per heavy atom. The van der Waals surface area contributed by atoms with Crippen LogP contribution < -0.4 is 5.32 Å². The molecule has 0 aromatic carbocycles. The van der Waals surface area contributed by atoms with Crippen LogP contribution >= 0.6 is 10.7 Å². The molecule has 112 valence electrons. The number of halogens is 1. The highest BCUT2D eigenvalue weighted by Gasteiger charge is 2.45. The van der Waals surface area contributed by atoms with Crippen LogP contribution in [0.25, 0.3) is 0 Å². The van der Waals surface area contributed by atoms with Crippen LogP contribution in [0.1, 0.15) is 43.0 Å². The zero-order valence-electron chi connectivity index (χ0n) is 11.7. The summed E-state index contributed by atoms with van der Waals surface area (Å²) >= 11 is 0. The summed E-state index contributed by atoms with van der Waals surface area (Å²) in [5, 5.41) is 2.80. The van der Waals surface area contributed by atoms with Gasteiger partial charge in [-0.3, -0.25) is 4.79 Å². The molecule has 1 amide bonds. The number of rotatable bonds is 5. The molecule has 0 bridgehead atoms. The second-order valence-electron chi connectivity index (χ2n) is 5.67. The Morgan fingerprint density at radius 3 is 2.50 bits per heavy atom. The van der Waals surface area contributed by atoms with Gasteiger partial charge in [0, 0.05) is 23.3 Å². The van der Waals surface area contributed by atoms with E-state index in [2.05, 4.69) is 19.2 Å². The zero-order chi connectivity index (χ0) is 15.1. The average Bonchev–Trinajstić information content (AvgIpc) is 3.01. The van der Waals surface area contributed by atoms with Gasteiger partial charge in [0.2, 0.25) is 0 Å². The van der Waals surface area contributed by atoms with E-state index in [4.69, 9.17) is 15.1 Å². The summed E-state index contributed by atoms with van der Waals surface area (Å²) in [6.45, 7) is 6.30. The standard InChI is InChI=1S/C13H18ClNO4S/c1-8(2)13(4-5-13)7-15-12(16)10-6-11(9(3)19-10)20(14,17)18/h6,8H,4-5,7H2,1-3H3,(H,15,16). The van der Waals surface area contributed by atoms with E-state index in [0.29, 0.717) is 12.5 Å². The summed E-state index contributed by atoms with van der Waals surface area (Å²) in [6.07, 6.45) is 2.20. The quantitative estimate of drug-likeness (QED) is 0.846. The lowest BCUT2D eigenvalue weighted by Gasteiger charge is -2.19. The first-order valence-electron chi connectivity index (χ1n) is 6.49. The lowest BCUT2D eigenvalue weighted by Crippen LogP contribution is -2.32. The van der Waals surface area contributed by atoms with Crippen LogP contribution in [0.2, 0.25) is 0 Å². The number of hydrogen-bond acceptors (Lipinski definition) is 4. The van der Waals surface area contributed by atoms with Crippen LogP contribution in [0.3, 0.4) is 0 Å². The van der Waals surface area contributed by atoms with E-state index in [9.17, 15) is 13.2 Å². The molecule has 0 aliphatic heterocycles. The van der Waals surface area contributed by atoms with Gasteiger partial charge in [0.1, 0.15) is 10.7 Å². The van der Waals surface area contributed by atoms with Gasteiger partial charge in [0.25, 0.3) is 15.0 Å². The van der Waals surface area contributed by atoms with Crippen LogP contribution in [0, 0.1) is 18.3 Å². The molecule has 0 atom stereocenters. The van der Waals surface area contributed by atoms with Gasteiger partial charge >= 0.3 is 0 Å². The fourth-order valence-corrected chi connectivity index (χ4v) is 3.37. The van der Waals surface area contributed by atoms with Crippen molar-refractivity contribution in [2.75, 3.05) is 6.54 Å². The molecule has 0 saturated heterocycles. The van der Waals surface area contributed by atoms with Gasteiger partial charge in [-0.2, -0.15) is 0 Å². The van der Waals surface area contributed by atoms with E-state index >= 15 is 0 Å². The molecule has 1 N–H and O–H groups in total. The molecular weight excluding hydrogens is 302 g/mol. The van der Waals surface area contributed by atoms with Crippen molar-refractivity contribution < 1.29 is 17.6 Å². The Labute approximate surface area is 123 Å². The highest BCUT2D eigenvalue weighted by molar-refractivity contribution is 8.13. The fraction of sp³-hybridized carbons (Fsp3) is 0.615. The zero-order valence-corrected chi connectivity index (χ0v) is 13.3. The van der Waals surface area contributed by atoms with Gasteiger partial charge in [-0.25, -0.2) is 8.42 Å². The van der Waals surface area contributed by atoms with Crippen molar-refractivity contribution in [3.8, 4) is 0 Å². The molecule has 2 rings (SSSR count). The van der Waals surface area contributed by atoms with Gasteiger partial charge in [-0.1, -0.05) is 13.8 Å². The van der Waals surface area contributed by atoms with E-state index < -0.39 is 15.0 Å². The maximum atomic E-state index is 12.0. The molecule has 1 aromatic heterocycles. The Hall–Kier alpha value is -1.01. The summed E-state index contributed by atoms with van der Waals surface area (Å²) in [5.41, 5.74) is 0.179. The van der Waals surface area contributed by atoms with E-state index in [1.165, 1.54) is 13.0 Å². The third-order valence-electron chi connectivity index (χ3n) is 4.08. The predicted octanol–water partition coefficient (Wildman–Crippen LogP) is 2.68. The Balaban J connectivity index is 2.07. The topological polar surface area (TPSA) is 76.4 Å². The van der Waals surface area contributed by atoms with E-state index in [0.717, 1.165) is 12.8 Å². The van der Waals surface area contributed by atoms with Crippen LogP contribution in [-0.4, -0.2) is 20.9 Å². The molecule has 1 heterocycles. The fourth-order valence-electron chi connectivity index (χ4n) is 2.28. The minimum atomic E-state index is -3.89. The third kappa shape index (κ3) is 3.01. The molecular formula is C13H18ClNO4S. The normalized spacial score (nSPS) is 17.2. The molecule has 7 heteroatoms. The number of furan rings is 1. The number of hydrogen-bond donors (Lipinski definition) is 1. The molecule has 1 saturated carbocycles. The maximum Gasteiger partial charge on any atom is 0.287 e. The van der Waals surface area contributed by atoms with Gasteiger partial charge in [0.15, 0.2) is 5.76 Å². The molecule has 0 spiro atoms. The van der Waals surface area contributed by atoms with Crippen molar-refractivity contribution in [3.05, 3.63) is 17.6 Å². The monoisotopic (exact) mass is 319 g/mol. The first kappa shape index (κ1) is 15.4. The summed E-state index contributed by atoms with van der Waals surface area (Å²) in [7, 11) is 1.37. The lowest BCUT2D eigenvalue weighted by molar-refractivity contribution is 0.0910. The average molecular weight is 320 g/mol. The number of carbonyl (C=O) groups excluding carboxylic acids is 1. The second-order valence-corrected chi connectivity index (χ2v) is 8.20. The Bertz CT molecular complexity index is 629. The van der Waals surface area contributed by atoms with Crippen LogP contribution in [0.5, 0.6) is 0 Å². The molecule has 0 radical (unpaired) electrons.